The Hall–Kier alpha value is -1.85. The number of pyridine rings is 1. The first-order valence-electron chi connectivity index (χ1n) is 8.75. The number of piperazine rings is 1. The monoisotopic (exact) mass is 355 g/mol. The van der Waals surface area contributed by atoms with Crippen LogP contribution in [0.2, 0.25) is 0 Å². The van der Waals surface area contributed by atoms with Gasteiger partial charge in [0.25, 0.3) is 0 Å². The number of carbonyl (C=O) groups excluding carboxylic acids is 1. The Balaban J connectivity index is 1.58. The molecule has 0 aliphatic carbocycles. The van der Waals surface area contributed by atoms with Crippen molar-refractivity contribution in [2.75, 3.05) is 25.4 Å². The van der Waals surface area contributed by atoms with E-state index >= 15 is 0 Å². The Morgan fingerprint density at radius 2 is 2.20 bits per heavy atom. The van der Waals surface area contributed by atoms with E-state index in [1.165, 1.54) is 16.0 Å². The lowest BCUT2D eigenvalue weighted by molar-refractivity contribution is -0.134. The number of carbonyl (C=O) groups is 1. The van der Waals surface area contributed by atoms with Gasteiger partial charge >= 0.3 is 0 Å². The van der Waals surface area contributed by atoms with Crippen molar-refractivity contribution in [1.82, 2.24) is 15.2 Å². The van der Waals surface area contributed by atoms with Gasteiger partial charge < -0.3 is 10.2 Å². The fourth-order valence-electron chi connectivity index (χ4n) is 3.08. The molecule has 5 heteroatoms. The van der Waals surface area contributed by atoms with Crippen LogP contribution < -0.4 is 5.32 Å². The van der Waals surface area contributed by atoms with Gasteiger partial charge in [0, 0.05) is 49.1 Å². The van der Waals surface area contributed by atoms with Crippen molar-refractivity contribution < 1.29 is 4.79 Å². The second kappa shape index (κ2) is 8.50. The van der Waals surface area contributed by atoms with Crippen molar-refractivity contribution >= 4 is 17.7 Å². The largest absolute Gasteiger partial charge is 0.333 e. The Labute approximate surface area is 154 Å². The van der Waals surface area contributed by atoms with E-state index in [-0.39, 0.29) is 11.9 Å². The highest BCUT2D eigenvalue weighted by Crippen LogP contribution is 2.25. The van der Waals surface area contributed by atoms with E-state index in [1.54, 1.807) is 18.0 Å². The SMILES string of the molecule is Cc1ccc(SCCC(=O)N2CCNCC2c2cccnc2)cc1C. The van der Waals surface area contributed by atoms with E-state index in [1.807, 2.05) is 17.2 Å². The number of amides is 1. The summed E-state index contributed by atoms with van der Waals surface area (Å²) in [5.41, 5.74) is 3.71. The maximum Gasteiger partial charge on any atom is 0.224 e. The minimum absolute atomic E-state index is 0.0848. The molecule has 1 saturated heterocycles. The molecule has 1 aromatic carbocycles. The third-order valence-electron chi connectivity index (χ3n) is 4.70. The van der Waals surface area contributed by atoms with Crippen LogP contribution in [-0.2, 0) is 4.79 Å². The Morgan fingerprint density at radius 3 is 2.96 bits per heavy atom. The molecule has 0 spiro atoms. The van der Waals surface area contributed by atoms with Gasteiger partial charge in [-0.25, -0.2) is 0 Å². The van der Waals surface area contributed by atoms with Crippen LogP contribution in [0.25, 0.3) is 0 Å². The first kappa shape index (κ1) is 18.0. The highest BCUT2D eigenvalue weighted by molar-refractivity contribution is 7.99. The number of nitrogens with one attached hydrogen (secondary N) is 1. The normalized spacial score (nSPS) is 17.5. The molecule has 1 unspecified atom stereocenters. The van der Waals surface area contributed by atoms with E-state index in [9.17, 15) is 4.79 Å². The summed E-state index contributed by atoms with van der Waals surface area (Å²) in [6.45, 7) is 6.65. The third-order valence-corrected chi connectivity index (χ3v) is 5.69. The van der Waals surface area contributed by atoms with E-state index in [0.717, 1.165) is 31.0 Å². The summed E-state index contributed by atoms with van der Waals surface area (Å²) in [7, 11) is 0. The van der Waals surface area contributed by atoms with Crippen LogP contribution >= 0.6 is 11.8 Å². The first-order valence-corrected chi connectivity index (χ1v) is 9.74. The second-order valence-electron chi connectivity index (χ2n) is 6.44. The summed E-state index contributed by atoms with van der Waals surface area (Å²) in [5.74, 6) is 1.04. The summed E-state index contributed by atoms with van der Waals surface area (Å²) in [6, 6.07) is 10.6. The maximum atomic E-state index is 12.8. The van der Waals surface area contributed by atoms with E-state index in [2.05, 4.69) is 48.4 Å². The van der Waals surface area contributed by atoms with Crippen LogP contribution in [0, 0.1) is 13.8 Å². The van der Waals surface area contributed by atoms with Crippen LogP contribution in [0.5, 0.6) is 0 Å². The van der Waals surface area contributed by atoms with Gasteiger partial charge in [-0.2, -0.15) is 0 Å². The molecule has 1 fully saturated rings. The highest BCUT2D eigenvalue weighted by atomic mass is 32.2. The van der Waals surface area contributed by atoms with E-state index in [4.69, 9.17) is 0 Å². The number of aromatic nitrogens is 1. The predicted octanol–water partition coefficient (Wildman–Crippen LogP) is 3.35. The van der Waals surface area contributed by atoms with Crippen molar-refractivity contribution in [3.05, 3.63) is 59.4 Å². The van der Waals surface area contributed by atoms with Crippen molar-refractivity contribution in [2.45, 2.75) is 31.2 Å². The number of hydrogen-bond donors (Lipinski definition) is 1. The number of benzene rings is 1. The molecule has 1 N–H and O–H groups in total. The smallest absolute Gasteiger partial charge is 0.224 e. The Bertz CT molecular complexity index is 720. The molecule has 0 saturated carbocycles. The zero-order valence-corrected chi connectivity index (χ0v) is 15.7. The molecular formula is C20H25N3OS. The van der Waals surface area contributed by atoms with Gasteiger partial charge in [0.15, 0.2) is 0 Å². The summed E-state index contributed by atoms with van der Waals surface area (Å²) in [5, 5.41) is 3.38. The Morgan fingerprint density at radius 1 is 1.32 bits per heavy atom. The third kappa shape index (κ3) is 4.61. The fourth-order valence-corrected chi connectivity index (χ4v) is 4.01. The molecule has 1 aromatic heterocycles. The van der Waals surface area contributed by atoms with Gasteiger partial charge in [0.05, 0.1) is 6.04 Å². The summed E-state index contributed by atoms with van der Waals surface area (Å²) < 4.78 is 0. The fraction of sp³-hybridized carbons (Fsp3) is 0.400. The van der Waals surface area contributed by atoms with Gasteiger partial charge in [0.2, 0.25) is 5.91 Å². The molecule has 1 aliphatic heterocycles. The van der Waals surface area contributed by atoms with Crippen molar-refractivity contribution in [3.63, 3.8) is 0 Å². The molecule has 1 aliphatic rings. The number of hydrogen-bond acceptors (Lipinski definition) is 4. The topological polar surface area (TPSA) is 45.2 Å². The average Bonchev–Trinajstić information content (AvgIpc) is 2.65. The molecule has 1 amide bonds. The van der Waals surface area contributed by atoms with Crippen LogP contribution in [0.15, 0.2) is 47.6 Å². The molecule has 4 nitrogen and oxygen atoms in total. The molecule has 132 valence electrons. The van der Waals surface area contributed by atoms with Crippen LogP contribution in [0.3, 0.4) is 0 Å². The summed E-state index contributed by atoms with van der Waals surface area (Å²) in [6.07, 6.45) is 4.20. The molecule has 0 radical (unpaired) electrons. The van der Waals surface area contributed by atoms with Gasteiger partial charge in [-0.1, -0.05) is 12.1 Å². The zero-order valence-electron chi connectivity index (χ0n) is 14.9. The maximum absolute atomic E-state index is 12.8. The van der Waals surface area contributed by atoms with Gasteiger partial charge in [0.1, 0.15) is 0 Å². The van der Waals surface area contributed by atoms with Crippen LogP contribution in [-0.4, -0.2) is 41.2 Å². The van der Waals surface area contributed by atoms with E-state index in [0.29, 0.717) is 6.42 Å². The molecule has 2 aromatic rings. The molecule has 2 heterocycles. The lowest BCUT2D eigenvalue weighted by atomic mass is 10.1. The number of aryl methyl sites for hydroxylation is 2. The zero-order chi connectivity index (χ0) is 17.6. The lowest BCUT2D eigenvalue weighted by Gasteiger charge is -2.36. The minimum Gasteiger partial charge on any atom is -0.333 e. The number of rotatable bonds is 5. The highest BCUT2D eigenvalue weighted by Gasteiger charge is 2.27. The summed E-state index contributed by atoms with van der Waals surface area (Å²) >= 11 is 1.76. The molecular weight excluding hydrogens is 330 g/mol. The van der Waals surface area contributed by atoms with Gasteiger partial charge in [-0.3, -0.25) is 9.78 Å². The minimum atomic E-state index is 0.0848. The first-order chi connectivity index (χ1) is 12.1. The quantitative estimate of drug-likeness (QED) is 0.836. The molecule has 1 atom stereocenters. The standard InChI is InChI=1S/C20H25N3OS/c1-15-5-6-18(12-16(15)2)25-11-7-20(24)23-10-9-22-14-19(23)17-4-3-8-21-13-17/h3-6,8,12-13,19,22H,7,9-11,14H2,1-2H3. The lowest BCUT2D eigenvalue weighted by Crippen LogP contribution is -2.48. The number of thioether (sulfide) groups is 1. The van der Waals surface area contributed by atoms with Gasteiger partial charge in [-0.05, 0) is 48.7 Å². The van der Waals surface area contributed by atoms with Crippen LogP contribution in [0.1, 0.15) is 29.2 Å². The summed E-state index contributed by atoms with van der Waals surface area (Å²) in [4.78, 5) is 20.2. The van der Waals surface area contributed by atoms with Crippen LogP contribution in [0.4, 0.5) is 0 Å². The molecule has 3 rings (SSSR count). The van der Waals surface area contributed by atoms with Crippen molar-refractivity contribution in [3.8, 4) is 0 Å². The van der Waals surface area contributed by atoms with Crippen molar-refractivity contribution in [2.24, 2.45) is 0 Å². The molecule has 25 heavy (non-hydrogen) atoms. The predicted molar refractivity (Wildman–Crippen MR) is 103 cm³/mol. The molecule has 0 bridgehead atoms. The Kier molecular flexibility index (Phi) is 6.10. The van der Waals surface area contributed by atoms with Gasteiger partial charge in [-0.15, -0.1) is 11.8 Å². The van der Waals surface area contributed by atoms with E-state index < -0.39 is 0 Å². The van der Waals surface area contributed by atoms with Crippen molar-refractivity contribution in [1.29, 1.82) is 0 Å². The average molecular weight is 356 g/mol. The number of nitrogens with zero attached hydrogens (tertiary/aromatic N) is 2. The second-order valence-corrected chi connectivity index (χ2v) is 7.61.